The van der Waals surface area contributed by atoms with Crippen LogP contribution in [0.2, 0.25) is 10.0 Å². The molecule has 118 valence electrons. The van der Waals surface area contributed by atoms with Crippen molar-refractivity contribution in [2.24, 2.45) is 0 Å². The summed E-state index contributed by atoms with van der Waals surface area (Å²) in [5, 5.41) is 0.774. The molecule has 0 unspecified atom stereocenters. The van der Waals surface area contributed by atoms with Crippen molar-refractivity contribution in [1.82, 2.24) is 9.55 Å². The molecule has 3 aromatic rings. The number of ether oxygens (including phenoxy) is 1. The highest BCUT2D eigenvalue weighted by atomic mass is 35.5. The van der Waals surface area contributed by atoms with Crippen molar-refractivity contribution in [2.45, 2.75) is 25.3 Å². The number of halogens is 2. The quantitative estimate of drug-likeness (QED) is 0.660. The van der Waals surface area contributed by atoms with Crippen molar-refractivity contribution in [3.63, 3.8) is 0 Å². The van der Waals surface area contributed by atoms with Gasteiger partial charge in [-0.2, -0.15) is 0 Å². The number of nitrogens with two attached hydrogens (primary N) is 1. The minimum Gasteiger partial charge on any atom is -0.454 e. The number of hydrogen-bond acceptors (Lipinski definition) is 3. The lowest BCUT2D eigenvalue weighted by molar-refractivity contribution is 0.483. The Labute approximate surface area is 143 Å². The number of aromatic nitrogens is 2. The molecule has 1 saturated carbocycles. The van der Waals surface area contributed by atoms with Crippen molar-refractivity contribution >= 4 is 39.9 Å². The number of anilines is 1. The van der Waals surface area contributed by atoms with Crippen LogP contribution in [0.4, 0.5) is 5.69 Å². The number of rotatable bonds is 3. The first-order chi connectivity index (χ1) is 11.0. The van der Waals surface area contributed by atoms with Gasteiger partial charge in [-0.25, -0.2) is 4.98 Å². The third-order valence-electron chi connectivity index (χ3n) is 4.31. The molecule has 2 N–H and O–H groups in total. The third kappa shape index (κ3) is 2.52. The Bertz CT molecular complexity index is 892. The van der Waals surface area contributed by atoms with Crippen LogP contribution in [0.1, 0.15) is 19.8 Å². The summed E-state index contributed by atoms with van der Waals surface area (Å²) in [5.74, 6) is 1.07. The van der Waals surface area contributed by atoms with Crippen LogP contribution in [0, 0.1) is 0 Å². The normalized spacial score (nSPS) is 15.8. The van der Waals surface area contributed by atoms with Gasteiger partial charge in [-0.15, -0.1) is 0 Å². The van der Waals surface area contributed by atoms with Crippen LogP contribution < -0.4 is 10.5 Å². The summed E-state index contributed by atoms with van der Waals surface area (Å²) in [5.41, 5.74) is 8.38. The molecular weight excluding hydrogens is 333 g/mol. The monoisotopic (exact) mass is 347 g/mol. The molecule has 0 atom stereocenters. The van der Waals surface area contributed by atoms with E-state index in [1.807, 2.05) is 24.5 Å². The SMILES string of the molecule is CC1(n2cnc3ccc(Oc4c(Cl)cc(N)cc4Cl)cc32)CC1. The summed E-state index contributed by atoms with van der Waals surface area (Å²) in [4.78, 5) is 4.46. The number of nitrogen functional groups attached to an aromatic ring is 1. The Hall–Kier alpha value is -1.91. The fourth-order valence-electron chi connectivity index (χ4n) is 2.70. The van der Waals surface area contributed by atoms with Crippen LogP contribution in [-0.2, 0) is 5.54 Å². The van der Waals surface area contributed by atoms with Crippen LogP contribution >= 0.6 is 23.2 Å². The van der Waals surface area contributed by atoms with Gasteiger partial charge in [0, 0.05) is 17.3 Å². The topological polar surface area (TPSA) is 53.1 Å². The highest BCUT2D eigenvalue weighted by Crippen LogP contribution is 2.45. The van der Waals surface area contributed by atoms with Crippen molar-refractivity contribution in [3.05, 3.63) is 46.7 Å². The van der Waals surface area contributed by atoms with Crippen molar-refractivity contribution in [3.8, 4) is 11.5 Å². The van der Waals surface area contributed by atoms with Crippen molar-refractivity contribution in [1.29, 1.82) is 0 Å². The van der Waals surface area contributed by atoms with E-state index in [4.69, 9.17) is 33.7 Å². The molecule has 1 fully saturated rings. The van der Waals surface area contributed by atoms with E-state index in [-0.39, 0.29) is 5.54 Å². The lowest BCUT2D eigenvalue weighted by Gasteiger charge is -2.13. The second-order valence-corrected chi connectivity index (χ2v) is 6.99. The van der Waals surface area contributed by atoms with Crippen LogP contribution in [0.5, 0.6) is 11.5 Å². The molecule has 4 nitrogen and oxygen atoms in total. The first kappa shape index (κ1) is 14.7. The minimum absolute atomic E-state index is 0.170. The third-order valence-corrected chi connectivity index (χ3v) is 4.88. The van der Waals surface area contributed by atoms with Gasteiger partial charge in [0.25, 0.3) is 0 Å². The first-order valence-electron chi connectivity index (χ1n) is 7.36. The second kappa shape index (κ2) is 5.05. The van der Waals surface area contributed by atoms with E-state index in [9.17, 15) is 0 Å². The van der Waals surface area contributed by atoms with Gasteiger partial charge >= 0.3 is 0 Å². The van der Waals surface area contributed by atoms with Gasteiger partial charge in [-0.1, -0.05) is 23.2 Å². The fourth-order valence-corrected chi connectivity index (χ4v) is 3.28. The van der Waals surface area contributed by atoms with Crippen molar-refractivity contribution < 1.29 is 4.74 Å². The number of nitrogens with zero attached hydrogens (tertiary/aromatic N) is 2. The minimum atomic E-state index is 0.170. The number of imidazole rings is 1. The molecule has 23 heavy (non-hydrogen) atoms. The molecule has 6 heteroatoms. The van der Waals surface area contributed by atoms with E-state index in [0.717, 1.165) is 11.0 Å². The van der Waals surface area contributed by atoms with E-state index in [1.54, 1.807) is 12.1 Å². The lowest BCUT2D eigenvalue weighted by Crippen LogP contribution is -2.10. The maximum Gasteiger partial charge on any atom is 0.164 e. The Kier molecular flexibility index (Phi) is 3.22. The smallest absolute Gasteiger partial charge is 0.164 e. The number of fused-ring (bicyclic) bond motifs is 1. The predicted octanol–water partition coefficient (Wildman–Crippen LogP) is 5.23. The summed E-state index contributed by atoms with van der Waals surface area (Å²) in [6.07, 6.45) is 4.23. The highest BCUT2D eigenvalue weighted by Gasteiger charge is 2.40. The Balaban J connectivity index is 1.75. The zero-order chi connectivity index (χ0) is 16.2. The first-order valence-corrected chi connectivity index (χ1v) is 8.12. The average molecular weight is 348 g/mol. The van der Waals surface area contributed by atoms with Gasteiger partial charge in [0.05, 0.1) is 27.4 Å². The maximum atomic E-state index is 6.19. The molecule has 4 rings (SSSR count). The van der Waals surface area contributed by atoms with E-state index >= 15 is 0 Å². The van der Waals surface area contributed by atoms with E-state index in [1.165, 1.54) is 12.8 Å². The molecule has 0 saturated heterocycles. The Morgan fingerprint density at radius 1 is 1.17 bits per heavy atom. The molecule has 0 radical (unpaired) electrons. The van der Waals surface area contributed by atoms with Gasteiger partial charge in [-0.3, -0.25) is 0 Å². The van der Waals surface area contributed by atoms with Gasteiger partial charge < -0.3 is 15.0 Å². The van der Waals surface area contributed by atoms with E-state index in [2.05, 4.69) is 16.5 Å². The molecule has 2 aromatic carbocycles. The predicted molar refractivity (Wildman–Crippen MR) is 93.6 cm³/mol. The summed E-state index contributed by atoms with van der Waals surface area (Å²) >= 11 is 12.4. The van der Waals surface area contributed by atoms with Crippen LogP contribution in [0.15, 0.2) is 36.7 Å². The molecule has 0 aliphatic heterocycles. The zero-order valence-corrected chi connectivity index (χ0v) is 14.0. The van der Waals surface area contributed by atoms with E-state index < -0.39 is 0 Å². The molecule has 1 aliphatic carbocycles. The van der Waals surface area contributed by atoms with Gasteiger partial charge in [0.2, 0.25) is 0 Å². The molecule has 0 bridgehead atoms. The molecule has 1 aliphatic rings. The zero-order valence-electron chi connectivity index (χ0n) is 12.5. The molecular formula is C17H15Cl2N3O. The van der Waals surface area contributed by atoms with Crippen molar-refractivity contribution in [2.75, 3.05) is 5.73 Å². The molecule has 1 heterocycles. The maximum absolute atomic E-state index is 6.19. The summed E-state index contributed by atoms with van der Waals surface area (Å²) in [6.45, 7) is 2.23. The summed E-state index contributed by atoms with van der Waals surface area (Å²) in [6, 6.07) is 9.01. The molecule has 0 spiro atoms. The van der Waals surface area contributed by atoms with E-state index in [0.29, 0.717) is 27.2 Å². The summed E-state index contributed by atoms with van der Waals surface area (Å²) < 4.78 is 8.11. The lowest BCUT2D eigenvalue weighted by atomic mass is 10.2. The number of hydrogen-bond donors (Lipinski definition) is 1. The van der Waals surface area contributed by atoms with Crippen LogP contribution in [-0.4, -0.2) is 9.55 Å². The fraction of sp³-hybridized carbons (Fsp3) is 0.235. The van der Waals surface area contributed by atoms with Gasteiger partial charge in [-0.05, 0) is 44.0 Å². The number of benzene rings is 2. The van der Waals surface area contributed by atoms with Gasteiger partial charge in [0.1, 0.15) is 5.75 Å². The average Bonchev–Trinajstić information content (AvgIpc) is 3.09. The Morgan fingerprint density at radius 3 is 2.52 bits per heavy atom. The Morgan fingerprint density at radius 2 is 1.87 bits per heavy atom. The molecule has 0 amide bonds. The standard InChI is InChI=1S/C17H15Cl2N3O/c1-17(4-5-17)22-9-21-14-3-2-11(8-15(14)22)23-16-12(18)6-10(20)7-13(16)19/h2-3,6-9H,4-5,20H2,1H3. The largest absolute Gasteiger partial charge is 0.454 e. The summed E-state index contributed by atoms with van der Waals surface area (Å²) in [7, 11) is 0. The van der Waals surface area contributed by atoms with Crippen LogP contribution in [0.25, 0.3) is 11.0 Å². The van der Waals surface area contributed by atoms with Gasteiger partial charge in [0.15, 0.2) is 5.75 Å². The highest BCUT2D eigenvalue weighted by molar-refractivity contribution is 6.37. The molecule has 1 aromatic heterocycles. The second-order valence-electron chi connectivity index (χ2n) is 6.18. The van der Waals surface area contributed by atoms with Crippen LogP contribution in [0.3, 0.4) is 0 Å².